The van der Waals surface area contributed by atoms with Crippen LogP contribution in [0.15, 0.2) is 18.2 Å². The molecule has 118 valence electrons. The highest BCUT2D eigenvalue weighted by Gasteiger charge is 2.11. The van der Waals surface area contributed by atoms with Crippen LogP contribution in [0.1, 0.15) is 41.6 Å². The number of hydrogen-bond donors (Lipinski definition) is 2. The molecule has 0 radical (unpaired) electrons. The van der Waals surface area contributed by atoms with Gasteiger partial charge in [-0.3, -0.25) is 9.89 Å². The minimum Gasteiger partial charge on any atom is -0.352 e. The summed E-state index contributed by atoms with van der Waals surface area (Å²) in [5.41, 5.74) is 0.829. The summed E-state index contributed by atoms with van der Waals surface area (Å²) in [4.78, 5) is 12.0. The second-order valence-corrected chi connectivity index (χ2v) is 5.77. The number of nitrogens with zero attached hydrogens (tertiary/aromatic N) is 2. The van der Waals surface area contributed by atoms with Gasteiger partial charge in [0.05, 0.1) is 0 Å². The maximum absolute atomic E-state index is 13.5. The van der Waals surface area contributed by atoms with E-state index in [1.807, 2.05) is 18.4 Å². The third kappa shape index (κ3) is 3.59. The van der Waals surface area contributed by atoms with Gasteiger partial charge in [-0.05, 0) is 50.7 Å². The zero-order valence-electron chi connectivity index (χ0n) is 12.8. The van der Waals surface area contributed by atoms with Crippen molar-refractivity contribution < 1.29 is 9.18 Å². The van der Waals surface area contributed by atoms with Gasteiger partial charge in [-0.15, -0.1) is 0 Å². The molecule has 0 aliphatic carbocycles. The Morgan fingerprint density at radius 2 is 2.23 bits per heavy atom. The number of hydrogen-bond acceptors (Lipinski definition) is 3. The molecule has 0 saturated heterocycles. The van der Waals surface area contributed by atoms with Crippen LogP contribution in [0.25, 0.3) is 0 Å². The number of aryl methyl sites for hydroxylation is 1. The maximum Gasteiger partial charge on any atom is 0.251 e. The van der Waals surface area contributed by atoms with Crippen molar-refractivity contribution in [1.82, 2.24) is 20.1 Å². The molecule has 7 heteroatoms. The lowest BCUT2D eigenvalue weighted by molar-refractivity contribution is 0.0953. The van der Waals surface area contributed by atoms with Crippen LogP contribution in [0, 0.1) is 17.5 Å². The fourth-order valence-corrected chi connectivity index (χ4v) is 2.53. The van der Waals surface area contributed by atoms with Crippen molar-refractivity contribution in [3.63, 3.8) is 0 Å². The standard InChI is InChI=1S/C15H19FN4OS/c1-9(2)20-13(18-19-15(20)22)6-7-17-14(21)11-5-4-10(3)12(16)8-11/h4-5,8-9H,6-7H2,1-3H3,(H,17,21)(H,19,22). The zero-order chi connectivity index (χ0) is 16.3. The average Bonchev–Trinajstić information content (AvgIpc) is 2.83. The molecule has 1 aromatic heterocycles. The highest BCUT2D eigenvalue weighted by Crippen LogP contribution is 2.10. The van der Waals surface area contributed by atoms with E-state index in [1.165, 1.54) is 6.07 Å². The molecule has 1 amide bonds. The normalized spacial score (nSPS) is 11.0. The number of carbonyl (C=O) groups excluding carboxylic acids is 1. The monoisotopic (exact) mass is 322 g/mol. The smallest absolute Gasteiger partial charge is 0.251 e. The van der Waals surface area contributed by atoms with Crippen LogP contribution in [0.4, 0.5) is 4.39 Å². The first-order chi connectivity index (χ1) is 10.4. The predicted molar refractivity (Wildman–Crippen MR) is 85.0 cm³/mol. The van der Waals surface area contributed by atoms with Gasteiger partial charge >= 0.3 is 0 Å². The van der Waals surface area contributed by atoms with Crippen LogP contribution in [0.3, 0.4) is 0 Å². The maximum atomic E-state index is 13.5. The quantitative estimate of drug-likeness (QED) is 0.832. The number of rotatable bonds is 5. The van der Waals surface area contributed by atoms with E-state index in [4.69, 9.17) is 12.2 Å². The lowest BCUT2D eigenvalue weighted by Crippen LogP contribution is -2.26. The molecule has 0 aliphatic heterocycles. The second-order valence-electron chi connectivity index (χ2n) is 5.38. The van der Waals surface area contributed by atoms with Crippen molar-refractivity contribution in [2.45, 2.75) is 33.2 Å². The van der Waals surface area contributed by atoms with Gasteiger partial charge in [0.25, 0.3) is 5.91 Å². The minimum absolute atomic E-state index is 0.197. The minimum atomic E-state index is -0.381. The van der Waals surface area contributed by atoms with Crippen molar-refractivity contribution in [3.05, 3.63) is 45.7 Å². The number of aromatic nitrogens is 3. The van der Waals surface area contributed by atoms with Crippen LogP contribution in [0.5, 0.6) is 0 Å². The van der Waals surface area contributed by atoms with Gasteiger partial charge in [0.1, 0.15) is 11.6 Å². The van der Waals surface area contributed by atoms with Gasteiger partial charge in [-0.1, -0.05) is 6.07 Å². The van der Waals surface area contributed by atoms with Gasteiger partial charge in [0.2, 0.25) is 0 Å². The van der Waals surface area contributed by atoms with E-state index in [-0.39, 0.29) is 17.8 Å². The lowest BCUT2D eigenvalue weighted by Gasteiger charge is -2.10. The molecule has 2 N–H and O–H groups in total. The Labute approximate surface area is 133 Å². The number of halogens is 1. The van der Waals surface area contributed by atoms with E-state index in [1.54, 1.807) is 19.1 Å². The third-order valence-electron chi connectivity index (χ3n) is 3.36. The van der Waals surface area contributed by atoms with E-state index >= 15 is 0 Å². The number of benzene rings is 1. The molecule has 22 heavy (non-hydrogen) atoms. The third-order valence-corrected chi connectivity index (χ3v) is 3.65. The summed E-state index contributed by atoms with van der Waals surface area (Å²) in [6.45, 7) is 6.09. The van der Waals surface area contributed by atoms with Gasteiger partial charge in [-0.2, -0.15) is 5.10 Å². The molecule has 1 heterocycles. The molecular weight excluding hydrogens is 303 g/mol. The Kier molecular flexibility index (Phi) is 5.07. The van der Waals surface area contributed by atoms with E-state index in [0.717, 1.165) is 5.82 Å². The van der Waals surface area contributed by atoms with Gasteiger partial charge < -0.3 is 9.88 Å². The van der Waals surface area contributed by atoms with Crippen LogP contribution in [-0.2, 0) is 6.42 Å². The predicted octanol–water partition coefficient (Wildman–Crippen LogP) is 2.94. The summed E-state index contributed by atoms with van der Waals surface area (Å²) in [5, 5.41) is 9.69. The average molecular weight is 322 g/mol. The summed E-state index contributed by atoms with van der Waals surface area (Å²) < 4.78 is 15.9. The van der Waals surface area contributed by atoms with Crippen LogP contribution in [-0.4, -0.2) is 27.2 Å². The van der Waals surface area contributed by atoms with Gasteiger partial charge in [-0.25, -0.2) is 4.39 Å². The molecule has 0 atom stereocenters. The van der Waals surface area contributed by atoms with E-state index in [9.17, 15) is 9.18 Å². The lowest BCUT2D eigenvalue weighted by atomic mass is 10.1. The highest BCUT2D eigenvalue weighted by molar-refractivity contribution is 7.71. The largest absolute Gasteiger partial charge is 0.352 e. The molecule has 0 fully saturated rings. The zero-order valence-corrected chi connectivity index (χ0v) is 13.6. The van der Waals surface area contributed by atoms with Crippen molar-refractivity contribution in [3.8, 4) is 0 Å². The topological polar surface area (TPSA) is 62.7 Å². The first-order valence-corrected chi connectivity index (χ1v) is 7.51. The van der Waals surface area contributed by atoms with E-state index < -0.39 is 0 Å². The number of amides is 1. The molecule has 0 unspecified atom stereocenters. The molecule has 0 bridgehead atoms. The molecule has 2 aromatic rings. The summed E-state index contributed by atoms with van der Waals surface area (Å²) in [7, 11) is 0. The Balaban J connectivity index is 1.98. The van der Waals surface area contributed by atoms with Gasteiger partial charge in [0.15, 0.2) is 4.77 Å². The van der Waals surface area contributed by atoms with Gasteiger partial charge in [0, 0.05) is 24.6 Å². The molecule has 0 aliphatic rings. The molecular formula is C15H19FN4OS. The SMILES string of the molecule is Cc1ccc(C(=O)NCCc2n[nH]c(=S)n2C(C)C)cc1F. The first kappa shape index (κ1) is 16.4. The van der Waals surface area contributed by atoms with E-state index in [2.05, 4.69) is 15.5 Å². The Hall–Kier alpha value is -2.02. The van der Waals surface area contributed by atoms with Crippen LogP contribution < -0.4 is 5.32 Å². The summed E-state index contributed by atoms with van der Waals surface area (Å²) in [6, 6.07) is 4.64. The van der Waals surface area contributed by atoms with E-state index in [0.29, 0.717) is 28.9 Å². The van der Waals surface area contributed by atoms with Crippen molar-refractivity contribution in [2.75, 3.05) is 6.54 Å². The Morgan fingerprint density at radius 1 is 1.50 bits per heavy atom. The van der Waals surface area contributed by atoms with Crippen molar-refractivity contribution in [1.29, 1.82) is 0 Å². The van der Waals surface area contributed by atoms with Crippen LogP contribution >= 0.6 is 12.2 Å². The highest BCUT2D eigenvalue weighted by atomic mass is 32.1. The number of carbonyl (C=O) groups is 1. The Bertz CT molecular complexity index is 735. The molecule has 1 aromatic carbocycles. The summed E-state index contributed by atoms with van der Waals surface area (Å²) >= 11 is 5.17. The molecule has 0 saturated carbocycles. The number of H-pyrrole nitrogens is 1. The summed E-state index contributed by atoms with van der Waals surface area (Å²) in [5.74, 6) is 0.105. The second kappa shape index (κ2) is 6.83. The van der Waals surface area contributed by atoms with Crippen LogP contribution in [0.2, 0.25) is 0 Å². The van der Waals surface area contributed by atoms with Crippen molar-refractivity contribution >= 4 is 18.1 Å². The Morgan fingerprint density at radius 3 is 2.86 bits per heavy atom. The number of aromatic amines is 1. The first-order valence-electron chi connectivity index (χ1n) is 7.10. The molecule has 5 nitrogen and oxygen atoms in total. The summed E-state index contributed by atoms with van der Waals surface area (Å²) in [6.07, 6.45) is 0.547. The number of nitrogens with one attached hydrogen (secondary N) is 2. The fraction of sp³-hybridized carbons (Fsp3) is 0.400. The molecule has 0 spiro atoms. The fourth-order valence-electron chi connectivity index (χ4n) is 2.17. The molecule has 2 rings (SSSR count). The van der Waals surface area contributed by atoms with Crippen molar-refractivity contribution in [2.24, 2.45) is 0 Å².